The third kappa shape index (κ3) is 4.56. The lowest BCUT2D eigenvalue weighted by Gasteiger charge is -2.21. The van der Waals surface area contributed by atoms with E-state index < -0.39 is 0 Å². The fourth-order valence-corrected chi connectivity index (χ4v) is 4.82. The maximum absolute atomic E-state index is 12.3. The number of carbonyl (C=O) groups is 1. The van der Waals surface area contributed by atoms with E-state index in [2.05, 4.69) is 31.5 Å². The van der Waals surface area contributed by atoms with E-state index in [1.807, 2.05) is 36.5 Å². The maximum atomic E-state index is 12.3. The number of aromatic nitrogens is 1. The van der Waals surface area contributed by atoms with Crippen molar-refractivity contribution in [3.05, 3.63) is 22.3 Å². The molecule has 1 atom stereocenters. The van der Waals surface area contributed by atoms with E-state index in [0.717, 1.165) is 16.8 Å². The monoisotopic (exact) mass is 375 g/mol. The van der Waals surface area contributed by atoms with Gasteiger partial charge in [-0.2, -0.15) is 23.5 Å². The van der Waals surface area contributed by atoms with Crippen LogP contribution in [0.1, 0.15) is 17.3 Å². The van der Waals surface area contributed by atoms with Gasteiger partial charge >= 0.3 is 0 Å². The minimum Gasteiger partial charge on any atom is -0.370 e. The molecule has 0 spiro atoms. The maximum Gasteiger partial charge on any atom is 0.255 e. The number of anilines is 1. The van der Waals surface area contributed by atoms with Crippen LogP contribution in [-0.4, -0.2) is 46.5 Å². The van der Waals surface area contributed by atoms with E-state index in [1.54, 1.807) is 6.20 Å². The molecule has 2 heterocycles. The molecule has 0 aromatic carbocycles. The predicted molar refractivity (Wildman–Crippen MR) is 92.0 cm³/mol. The molecule has 1 saturated heterocycles. The quantitative estimate of drug-likeness (QED) is 0.828. The highest BCUT2D eigenvalue weighted by atomic mass is 79.9. The van der Waals surface area contributed by atoms with Crippen LogP contribution < -0.4 is 10.6 Å². The van der Waals surface area contributed by atoms with Crippen LogP contribution in [0, 0.1) is 0 Å². The Morgan fingerprint density at radius 1 is 1.55 bits per heavy atom. The molecule has 0 bridgehead atoms. The number of hydrogen-bond donors (Lipinski definition) is 2. The van der Waals surface area contributed by atoms with Gasteiger partial charge in [0.2, 0.25) is 0 Å². The second-order valence-electron chi connectivity index (χ2n) is 4.36. The zero-order valence-electron chi connectivity index (χ0n) is 11.3. The molecule has 1 unspecified atom stereocenters. The average Bonchev–Trinajstić information content (AvgIpc) is 2.48. The Labute approximate surface area is 136 Å². The first-order valence-corrected chi connectivity index (χ1v) is 9.57. The number of hydrogen-bond acceptors (Lipinski definition) is 5. The van der Waals surface area contributed by atoms with E-state index in [-0.39, 0.29) is 5.91 Å². The largest absolute Gasteiger partial charge is 0.370 e. The third-order valence-electron chi connectivity index (χ3n) is 2.82. The second kappa shape index (κ2) is 8.14. The molecule has 2 rings (SSSR count). The van der Waals surface area contributed by atoms with Gasteiger partial charge in [0.15, 0.2) is 0 Å². The summed E-state index contributed by atoms with van der Waals surface area (Å²) in [6, 6.07) is 1.81. The Kier molecular flexibility index (Phi) is 6.51. The number of nitrogens with one attached hydrogen (secondary N) is 2. The number of halogens is 1. The summed E-state index contributed by atoms with van der Waals surface area (Å²) < 4.78 is 0.812. The Morgan fingerprint density at radius 2 is 2.40 bits per heavy atom. The molecule has 1 aromatic heterocycles. The molecule has 4 nitrogen and oxygen atoms in total. The molecule has 0 radical (unpaired) electrons. The van der Waals surface area contributed by atoms with Crippen LogP contribution in [0.2, 0.25) is 0 Å². The Balaban J connectivity index is 1.98. The van der Waals surface area contributed by atoms with Gasteiger partial charge in [-0.1, -0.05) is 0 Å². The van der Waals surface area contributed by atoms with Crippen molar-refractivity contribution >= 4 is 51.2 Å². The normalized spacial score (nSPS) is 18.6. The van der Waals surface area contributed by atoms with Gasteiger partial charge in [-0.05, 0) is 28.9 Å². The summed E-state index contributed by atoms with van der Waals surface area (Å²) >= 11 is 7.27. The lowest BCUT2D eigenvalue weighted by Crippen LogP contribution is -2.34. The van der Waals surface area contributed by atoms with Crippen LogP contribution in [0.5, 0.6) is 0 Å². The van der Waals surface area contributed by atoms with Gasteiger partial charge in [0, 0.05) is 46.3 Å². The third-order valence-corrected chi connectivity index (χ3v) is 6.10. The second-order valence-corrected chi connectivity index (χ2v) is 7.83. The van der Waals surface area contributed by atoms with Crippen LogP contribution in [-0.2, 0) is 0 Å². The molecular formula is C13H18BrN3OS2. The lowest BCUT2D eigenvalue weighted by atomic mass is 10.2. The molecule has 7 heteroatoms. The van der Waals surface area contributed by atoms with E-state index in [9.17, 15) is 4.79 Å². The predicted octanol–water partition coefficient (Wildman–Crippen LogP) is 2.85. The summed E-state index contributed by atoms with van der Waals surface area (Å²) in [5, 5.41) is 6.66. The van der Waals surface area contributed by atoms with Crippen LogP contribution in [0.4, 0.5) is 5.82 Å². The molecule has 1 amide bonds. The summed E-state index contributed by atoms with van der Waals surface area (Å²) in [5.74, 6) is 4.08. The van der Waals surface area contributed by atoms with Crippen molar-refractivity contribution < 1.29 is 4.79 Å². The highest BCUT2D eigenvalue weighted by Gasteiger charge is 2.17. The molecule has 0 aliphatic carbocycles. The van der Waals surface area contributed by atoms with Crippen molar-refractivity contribution in [3.8, 4) is 0 Å². The topological polar surface area (TPSA) is 54.0 Å². The standard InChI is InChI=1S/C13H18BrN3OS2/c1-2-15-12-11(5-9(14)6-16-12)13(18)17-7-10-8-19-3-4-20-10/h5-6,10H,2-4,7-8H2,1H3,(H,15,16)(H,17,18). The highest BCUT2D eigenvalue weighted by Crippen LogP contribution is 2.23. The van der Waals surface area contributed by atoms with Crippen molar-refractivity contribution in [2.45, 2.75) is 12.2 Å². The first-order chi connectivity index (χ1) is 9.70. The van der Waals surface area contributed by atoms with Crippen LogP contribution >= 0.6 is 39.5 Å². The summed E-state index contributed by atoms with van der Waals surface area (Å²) in [4.78, 5) is 16.6. The Hall–Kier alpha value is -0.400. The molecule has 110 valence electrons. The highest BCUT2D eigenvalue weighted by molar-refractivity contribution is 9.10. The summed E-state index contributed by atoms with van der Waals surface area (Å²) in [6.07, 6.45) is 1.70. The molecule has 1 fully saturated rings. The van der Waals surface area contributed by atoms with Gasteiger partial charge in [0.05, 0.1) is 5.56 Å². The van der Waals surface area contributed by atoms with E-state index in [1.165, 1.54) is 11.5 Å². The van der Waals surface area contributed by atoms with Gasteiger partial charge in [-0.25, -0.2) is 4.98 Å². The lowest BCUT2D eigenvalue weighted by molar-refractivity contribution is 0.0954. The van der Waals surface area contributed by atoms with Crippen molar-refractivity contribution in [1.29, 1.82) is 0 Å². The van der Waals surface area contributed by atoms with E-state index in [4.69, 9.17) is 0 Å². The minimum atomic E-state index is -0.0640. The zero-order valence-corrected chi connectivity index (χ0v) is 14.5. The van der Waals surface area contributed by atoms with Crippen molar-refractivity contribution in [3.63, 3.8) is 0 Å². The minimum absolute atomic E-state index is 0.0640. The van der Waals surface area contributed by atoms with Crippen molar-refractivity contribution in [1.82, 2.24) is 10.3 Å². The van der Waals surface area contributed by atoms with Gasteiger partial charge in [0.25, 0.3) is 5.91 Å². The number of pyridine rings is 1. The fraction of sp³-hybridized carbons (Fsp3) is 0.538. The van der Waals surface area contributed by atoms with E-state index >= 15 is 0 Å². The molecular weight excluding hydrogens is 358 g/mol. The van der Waals surface area contributed by atoms with Gasteiger partial charge in [0.1, 0.15) is 5.82 Å². The Bertz CT molecular complexity index is 467. The fourth-order valence-electron chi connectivity index (χ4n) is 1.88. The summed E-state index contributed by atoms with van der Waals surface area (Å²) in [5.41, 5.74) is 0.592. The van der Waals surface area contributed by atoms with Gasteiger partial charge in [-0.3, -0.25) is 4.79 Å². The first-order valence-electron chi connectivity index (χ1n) is 6.57. The zero-order chi connectivity index (χ0) is 14.4. The van der Waals surface area contributed by atoms with Crippen molar-refractivity contribution in [2.75, 3.05) is 35.7 Å². The van der Waals surface area contributed by atoms with E-state index in [0.29, 0.717) is 23.2 Å². The number of rotatable bonds is 5. The first kappa shape index (κ1) is 16.0. The van der Waals surface area contributed by atoms with Gasteiger partial charge in [-0.15, -0.1) is 0 Å². The molecule has 0 saturated carbocycles. The number of carbonyl (C=O) groups excluding carboxylic acids is 1. The summed E-state index contributed by atoms with van der Waals surface area (Å²) in [7, 11) is 0. The number of nitrogens with zero attached hydrogens (tertiary/aromatic N) is 1. The molecule has 2 N–H and O–H groups in total. The van der Waals surface area contributed by atoms with Gasteiger partial charge < -0.3 is 10.6 Å². The molecule has 1 aliphatic rings. The summed E-state index contributed by atoms with van der Waals surface area (Å²) in [6.45, 7) is 3.44. The smallest absolute Gasteiger partial charge is 0.255 e. The average molecular weight is 376 g/mol. The van der Waals surface area contributed by atoms with Crippen LogP contribution in [0.25, 0.3) is 0 Å². The number of thioether (sulfide) groups is 2. The number of amides is 1. The Morgan fingerprint density at radius 3 is 3.10 bits per heavy atom. The van der Waals surface area contributed by atoms with Crippen LogP contribution in [0.3, 0.4) is 0 Å². The molecule has 20 heavy (non-hydrogen) atoms. The SMILES string of the molecule is CCNc1ncc(Br)cc1C(=O)NCC1CSCCS1. The van der Waals surface area contributed by atoms with Crippen molar-refractivity contribution in [2.24, 2.45) is 0 Å². The molecule has 1 aromatic rings. The molecule has 1 aliphatic heterocycles. The van der Waals surface area contributed by atoms with Crippen LogP contribution in [0.15, 0.2) is 16.7 Å².